The van der Waals surface area contributed by atoms with Gasteiger partial charge in [0.25, 0.3) is 5.56 Å². The molecule has 34 heavy (non-hydrogen) atoms. The second-order valence-corrected chi connectivity index (χ2v) is 9.04. The van der Waals surface area contributed by atoms with Gasteiger partial charge in [-0.25, -0.2) is 4.79 Å². The zero-order valence-electron chi connectivity index (χ0n) is 18.7. The number of hydrogen-bond donors (Lipinski definition) is 1. The average Bonchev–Trinajstić information content (AvgIpc) is 3.25. The molecule has 2 aromatic heterocycles. The predicted octanol–water partition coefficient (Wildman–Crippen LogP) is 2.85. The number of halogens is 1. The smallest absolute Gasteiger partial charge is 0.332 e. The molecule has 0 unspecified atom stereocenters. The number of ketones is 1. The van der Waals surface area contributed by atoms with Crippen LogP contribution in [0.25, 0.3) is 17.1 Å². The summed E-state index contributed by atoms with van der Waals surface area (Å²) in [6, 6.07) is 15.0. The summed E-state index contributed by atoms with van der Waals surface area (Å²) in [4.78, 5) is 37.6. The number of thioether (sulfide) groups is 1. The highest BCUT2D eigenvalue weighted by molar-refractivity contribution is 7.99. The second kappa shape index (κ2) is 9.32. The molecule has 4 rings (SSSR count). The van der Waals surface area contributed by atoms with E-state index in [0.29, 0.717) is 16.0 Å². The van der Waals surface area contributed by atoms with Gasteiger partial charge in [0.2, 0.25) is 0 Å². The van der Waals surface area contributed by atoms with Gasteiger partial charge in [-0.15, -0.1) is 10.2 Å². The van der Waals surface area contributed by atoms with Gasteiger partial charge < -0.3 is 5.73 Å². The maximum Gasteiger partial charge on any atom is 0.332 e. The number of benzene rings is 2. The van der Waals surface area contributed by atoms with Crippen molar-refractivity contribution in [3.8, 4) is 17.1 Å². The number of nitrogens with zero attached hydrogens (tertiary/aromatic N) is 5. The van der Waals surface area contributed by atoms with E-state index in [4.69, 9.17) is 17.3 Å². The minimum atomic E-state index is -0.729. The molecule has 9 nitrogen and oxygen atoms in total. The normalized spacial score (nSPS) is 11.1. The van der Waals surface area contributed by atoms with E-state index in [9.17, 15) is 14.4 Å². The quantitative estimate of drug-likeness (QED) is 0.322. The molecule has 0 fully saturated rings. The molecule has 0 aliphatic carbocycles. The van der Waals surface area contributed by atoms with Crippen LogP contribution in [0.2, 0.25) is 5.02 Å². The Kier molecular flexibility index (Phi) is 6.45. The third-order valence-corrected chi connectivity index (χ3v) is 6.53. The first kappa shape index (κ1) is 23.5. The van der Waals surface area contributed by atoms with Crippen molar-refractivity contribution in [3.05, 3.63) is 85.5 Å². The Bertz CT molecular complexity index is 1500. The molecule has 2 aromatic carbocycles. The lowest BCUT2D eigenvalue weighted by Gasteiger charge is -2.12. The molecule has 0 aliphatic heterocycles. The molecule has 0 saturated carbocycles. The minimum absolute atomic E-state index is 0.123. The summed E-state index contributed by atoms with van der Waals surface area (Å²) in [5, 5.41) is 9.70. The number of aryl methyl sites for hydroxylation is 1. The summed E-state index contributed by atoms with van der Waals surface area (Å²) in [5.41, 5.74) is 7.08. The van der Waals surface area contributed by atoms with Crippen LogP contribution in [0, 0.1) is 6.92 Å². The Morgan fingerprint density at radius 3 is 2.29 bits per heavy atom. The van der Waals surface area contributed by atoms with Crippen LogP contribution in [0.15, 0.2) is 63.3 Å². The highest BCUT2D eigenvalue weighted by atomic mass is 35.5. The number of nitrogens with two attached hydrogens (primary N) is 1. The number of aromatic nitrogens is 5. The van der Waals surface area contributed by atoms with Gasteiger partial charge in [-0.1, -0.05) is 41.1 Å². The molecule has 0 amide bonds. The molecule has 4 aromatic rings. The SMILES string of the molecule is Cc1ccc(-n2c(SCC(=O)c3c(N)n(C)c(=O)n(C)c3=O)nnc2-c2ccc(Cl)cc2)cc1. The Hall–Kier alpha value is -3.63. The molecule has 2 heterocycles. The topological polar surface area (TPSA) is 118 Å². The lowest BCUT2D eigenvalue weighted by Crippen LogP contribution is -2.41. The fourth-order valence-electron chi connectivity index (χ4n) is 3.40. The maximum atomic E-state index is 13.0. The van der Waals surface area contributed by atoms with E-state index in [0.717, 1.165) is 37.7 Å². The third kappa shape index (κ3) is 4.29. The van der Waals surface area contributed by atoms with Crippen molar-refractivity contribution >= 4 is 35.0 Å². The Balaban J connectivity index is 1.73. The van der Waals surface area contributed by atoms with Gasteiger partial charge in [0, 0.05) is 30.4 Å². The number of Topliss-reactive ketones (excluding diaryl/α,β-unsaturated/α-hetero) is 1. The van der Waals surface area contributed by atoms with Crippen LogP contribution in [0.3, 0.4) is 0 Å². The summed E-state index contributed by atoms with van der Waals surface area (Å²) in [6.07, 6.45) is 0. The van der Waals surface area contributed by atoms with E-state index in [-0.39, 0.29) is 17.1 Å². The fraction of sp³-hybridized carbons (Fsp3) is 0.174. The lowest BCUT2D eigenvalue weighted by atomic mass is 10.2. The first-order chi connectivity index (χ1) is 16.2. The average molecular weight is 497 g/mol. The van der Waals surface area contributed by atoms with Crippen molar-refractivity contribution in [2.75, 3.05) is 11.5 Å². The molecule has 0 saturated heterocycles. The van der Waals surface area contributed by atoms with Crippen LogP contribution in [-0.4, -0.2) is 35.4 Å². The van der Waals surface area contributed by atoms with E-state index in [1.165, 1.54) is 14.1 Å². The van der Waals surface area contributed by atoms with Crippen LogP contribution in [-0.2, 0) is 14.1 Å². The molecule has 2 N–H and O–H groups in total. The molecular weight excluding hydrogens is 476 g/mol. The fourth-order valence-corrected chi connectivity index (χ4v) is 4.35. The first-order valence-electron chi connectivity index (χ1n) is 10.2. The van der Waals surface area contributed by atoms with Gasteiger partial charge in [-0.05, 0) is 43.3 Å². The Morgan fingerprint density at radius 2 is 1.65 bits per heavy atom. The number of anilines is 1. The number of nitrogen functional groups attached to an aromatic ring is 1. The number of carbonyl (C=O) groups excluding carboxylic acids is 1. The summed E-state index contributed by atoms with van der Waals surface area (Å²) < 4.78 is 3.78. The van der Waals surface area contributed by atoms with E-state index < -0.39 is 17.0 Å². The number of carbonyl (C=O) groups is 1. The van der Waals surface area contributed by atoms with E-state index in [1.807, 2.05) is 47.9 Å². The Labute approximate surface area is 203 Å². The summed E-state index contributed by atoms with van der Waals surface area (Å²) >= 11 is 7.16. The lowest BCUT2D eigenvalue weighted by molar-refractivity contribution is 0.102. The number of hydrogen-bond acceptors (Lipinski definition) is 7. The van der Waals surface area contributed by atoms with E-state index >= 15 is 0 Å². The second-order valence-electron chi connectivity index (χ2n) is 7.66. The zero-order chi connectivity index (χ0) is 24.6. The molecule has 0 atom stereocenters. The molecule has 0 spiro atoms. The van der Waals surface area contributed by atoms with Gasteiger partial charge >= 0.3 is 5.69 Å². The Morgan fingerprint density at radius 1 is 1.00 bits per heavy atom. The van der Waals surface area contributed by atoms with Crippen LogP contribution in [0.1, 0.15) is 15.9 Å². The van der Waals surface area contributed by atoms with Gasteiger partial charge in [0.1, 0.15) is 11.4 Å². The van der Waals surface area contributed by atoms with E-state index in [1.54, 1.807) is 12.1 Å². The van der Waals surface area contributed by atoms with Crippen LogP contribution in [0.4, 0.5) is 5.82 Å². The summed E-state index contributed by atoms with van der Waals surface area (Å²) in [6.45, 7) is 1.99. The first-order valence-corrected chi connectivity index (χ1v) is 11.5. The maximum absolute atomic E-state index is 13.0. The van der Waals surface area contributed by atoms with Crippen molar-refractivity contribution < 1.29 is 4.79 Å². The van der Waals surface area contributed by atoms with Crippen molar-refractivity contribution in [2.24, 2.45) is 14.1 Å². The highest BCUT2D eigenvalue weighted by Crippen LogP contribution is 2.29. The standard InChI is InChI=1S/C23H21ClN6O3S/c1-13-4-10-16(11-5-13)30-20(14-6-8-15(24)9-7-14)26-27-22(30)34-12-17(31)18-19(25)28(2)23(33)29(3)21(18)32/h4-11H,12,25H2,1-3H3. The van der Waals surface area contributed by atoms with E-state index in [2.05, 4.69) is 10.2 Å². The monoisotopic (exact) mass is 496 g/mol. The molecule has 0 bridgehead atoms. The third-order valence-electron chi connectivity index (χ3n) is 5.35. The molecule has 0 radical (unpaired) electrons. The van der Waals surface area contributed by atoms with Gasteiger partial charge in [0.15, 0.2) is 16.8 Å². The largest absolute Gasteiger partial charge is 0.384 e. The van der Waals surface area contributed by atoms with Crippen molar-refractivity contribution in [2.45, 2.75) is 12.1 Å². The van der Waals surface area contributed by atoms with Crippen LogP contribution in [0.5, 0.6) is 0 Å². The van der Waals surface area contributed by atoms with Gasteiger partial charge in [-0.2, -0.15) is 0 Å². The minimum Gasteiger partial charge on any atom is -0.384 e. The van der Waals surface area contributed by atoms with Crippen LogP contribution >= 0.6 is 23.4 Å². The zero-order valence-corrected chi connectivity index (χ0v) is 20.2. The molecule has 0 aliphatic rings. The van der Waals surface area contributed by atoms with Crippen molar-refractivity contribution in [3.63, 3.8) is 0 Å². The highest BCUT2D eigenvalue weighted by Gasteiger charge is 2.22. The molecular formula is C23H21ClN6O3S. The predicted molar refractivity (Wildman–Crippen MR) is 133 cm³/mol. The van der Waals surface area contributed by atoms with Crippen LogP contribution < -0.4 is 17.0 Å². The van der Waals surface area contributed by atoms with Gasteiger partial charge in [0.05, 0.1) is 5.75 Å². The van der Waals surface area contributed by atoms with Crippen molar-refractivity contribution in [1.29, 1.82) is 0 Å². The summed E-state index contributed by atoms with van der Waals surface area (Å²) in [5.74, 6) is -0.221. The van der Waals surface area contributed by atoms with Gasteiger partial charge in [-0.3, -0.25) is 23.3 Å². The van der Waals surface area contributed by atoms with Crippen molar-refractivity contribution in [1.82, 2.24) is 23.9 Å². The molecule has 11 heteroatoms. The molecule has 174 valence electrons. The summed E-state index contributed by atoms with van der Waals surface area (Å²) in [7, 11) is 2.72. The number of rotatable bonds is 6.